The van der Waals surface area contributed by atoms with E-state index in [0.29, 0.717) is 0 Å². The Hall–Kier alpha value is -1.50. The van der Waals surface area contributed by atoms with Gasteiger partial charge in [-0.3, -0.25) is 0 Å². The van der Waals surface area contributed by atoms with Gasteiger partial charge in [0.05, 0.1) is 0 Å². The lowest BCUT2D eigenvalue weighted by molar-refractivity contribution is 0.693. The first-order chi connectivity index (χ1) is 7.92. The summed E-state index contributed by atoms with van der Waals surface area (Å²) in [4.78, 5) is 0. The number of aromatic nitrogens is 1. The highest BCUT2D eigenvalue weighted by atomic mass is 15.0. The molecule has 3 rings (SSSR count). The second kappa shape index (κ2) is 3.82. The summed E-state index contributed by atoms with van der Waals surface area (Å²) in [6.45, 7) is 3.37. The Balaban J connectivity index is 2.33. The van der Waals surface area contributed by atoms with E-state index in [2.05, 4.69) is 47.9 Å². The van der Waals surface area contributed by atoms with Crippen LogP contribution in [0.1, 0.15) is 31.0 Å². The van der Waals surface area contributed by atoms with Crippen molar-refractivity contribution in [2.45, 2.75) is 32.7 Å². The molecule has 2 aromatic rings. The van der Waals surface area contributed by atoms with E-state index in [4.69, 9.17) is 0 Å². The molecular formula is C15H17N. The van der Waals surface area contributed by atoms with Crippen LogP contribution >= 0.6 is 0 Å². The van der Waals surface area contributed by atoms with Crippen LogP contribution in [0.5, 0.6) is 0 Å². The van der Waals surface area contributed by atoms with Gasteiger partial charge >= 0.3 is 0 Å². The predicted molar refractivity (Wildman–Crippen MR) is 69.6 cm³/mol. The lowest BCUT2D eigenvalue weighted by Crippen LogP contribution is -2.01. The van der Waals surface area contributed by atoms with Gasteiger partial charge in [0, 0.05) is 23.1 Å². The summed E-state index contributed by atoms with van der Waals surface area (Å²) in [5.74, 6) is 0. The van der Waals surface area contributed by atoms with Gasteiger partial charge in [0.25, 0.3) is 0 Å². The number of fused-ring (bicyclic) bond motifs is 3. The standard InChI is InChI=1S/C15H17N/c1-2-11-16-14-9-5-3-7-12(14)13-8-4-6-10-15(13)16/h3,5-7,9-10H,2,4,8,11H2,1H3. The number of rotatable bonds is 2. The van der Waals surface area contributed by atoms with E-state index < -0.39 is 0 Å². The van der Waals surface area contributed by atoms with Gasteiger partial charge in [0.1, 0.15) is 0 Å². The number of nitrogens with zero attached hydrogens (tertiary/aromatic N) is 1. The lowest BCUT2D eigenvalue weighted by atomic mass is 10.0. The van der Waals surface area contributed by atoms with Gasteiger partial charge in [0.2, 0.25) is 0 Å². The van der Waals surface area contributed by atoms with Gasteiger partial charge in [-0.05, 0) is 37.0 Å². The third kappa shape index (κ3) is 1.31. The molecular weight excluding hydrogens is 194 g/mol. The zero-order valence-corrected chi connectivity index (χ0v) is 9.74. The molecule has 1 nitrogen and oxygen atoms in total. The topological polar surface area (TPSA) is 4.93 Å². The lowest BCUT2D eigenvalue weighted by Gasteiger charge is -2.10. The first-order valence-corrected chi connectivity index (χ1v) is 6.18. The zero-order chi connectivity index (χ0) is 11.0. The minimum Gasteiger partial charge on any atom is -0.341 e. The van der Waals surface area contributed by atoms with Crippen molar-refractivity contribution in [2.75, 3.05) is 0 Å². The molecule has 0 aliphatic heterocycles. The highest BCUT2D eigenvalue weighted by molar-refractivity contribution is 5.88. The summed E-state index contributed by atoms with van der Waals surface area (Å²) in [5.41, 5.74) is 4.39. The average Bonchev–Trinajstić information content (AvgIpc) is 2.66. The number of hydrogen-bond donors (Lipinski definition) is 0. The number of hydrogen-bond acceptors (Lipinski definition) is 0. The van der Waals surface area contributed by atoms with Crippen LogP contribution in [-0.4, -0.2) is 4.57 Å². The van der Waals surface area contributed by atoms with Gasteiger partial charge in [-0.25, -0.2) is 0 Å². The fourth-order valence-electron chi connectivity index (χ4n) is 2.74. The molecule has 0 saturated heterocycles. The number of aryl methyl sites for hydroxylation is 2. The first kappa shape index (κ1) is 9.71. The third-order valence-corrected chi connectivity index (χ3v) is 3.40. The minimum absolute atomic E-state index is 1.13. The molecule has 0 atom stereocenters. The summed E-state index contributed by atoms with van der Waals surface area (Å²) < 4.78 is 2.47. The molecule has 0 radical (unpaired) electrons. The van der Waals surface area contributed by atoms with Gasteiger partial charge in [0.15, 0.2) is 0 Å². The van der Waals surface area contributed by atoms with Crippen molar-refractivity contribution in [1.29, 1.82) is 0 Å². The SMILES string of the molecule is CCCn1c2c(c3ccccc31)CCC=C2. The van der Waals surface area contributed by atoms with Crippen LogP contribution in [0.15, 0.2) is 30.3 Å². The van der Waals surface area contributed by atoms with Gasteiger partial charge < -0.3 is 4.57 Å². The Kier molecular flexibility index (Phi) is 2.32. The summed E-state index contributed by atoms with van der Waals surface area (Å²) >= 11 is 0. The van der Waals surface area contributed by atoms with Crippen LogP contribution in [0.25, 0.3) is 17.0 Å². The molecule has 1 aromatic carbocycles. The van der Waals surface area contributed by atoms with E-state index >= 15 is 0 Å². The quantitative estimate of drug-likeness (QED) is 0.707. The van der Waals surface area contributed by atoms with E-state index in [1.54, 1.807) is 5.56 Å². The van der Waals surface area contributed by atoms with Crippen molar-refractivity contribution in [3.8, 4) is 0 Å². The molecule has 82 valence electrons. The summed E-state index contributed by atoms with van der Waals surface area (Å²) in [6, 6.07) is 8.80. The Bertz CT molecular complexity index is 546. The summed E-state index contributed by atoms with van der Waals surface area (Å²) in [6.07, 6.45) is 8.18. The van der Waals surface area contributed by atoms with Crippen molar-refractivity contribution >= 4 is 17.0 Å². The van der Waals surface area contributed by atoms with E-state index in [1.165, 1.54) is 35.9 Å². The Morgan fingerprint density at radius 3 is 3.00 bits per heavy atom. The highest BCUT2D eigenvalue weighted by Crippen LogP contribution is 2.31. The van der Waals surface area contributed by atoms with Gasteiger partial charge in [-0.15, -0.1) is 0 Å². The van der Waals surface area contributed by atoms with Gasteiger partial charge in [-0.2, -0.15) is 0 Å². The fourth-order valence-corrected chi connectivity index (χ4v) is 2.74. The molecule has 0 amide bonds. The molecule has 0 bridgehead atoms. The van der Waals surface area contributed by atoms with E-state index in [-0.39, 0.29) is 0 Å². The number of allylic oxidation sites excluding steroid dienone is 1. The van der Waals surface area contributed by atoms with Crippen molar-refractivity contribution in [2.24, 2.45) is 0 Å². The molecule has 1 heterocycles. The van der Waals surface area contributed by atoms with Crippen LogP contribution in [-0.2, 0) is 13.0 Å². The van der Waals surface area contributed by atoms with Crippen molar-refractivity contribution in [3.05, 3.63) is 41.6 Å². The first-order valence-electron chi connectivity index (χ1n) is 6.18. The second-order valence-corrected chi connectivity index (χ2v) is 4.47. The second-order valence-electron chi connectivity index (χ2n) is 4.47. The molecule has 0 spiro atoms. The average molecular weight is 211 g/mol. The Morgan fingerprint density at radius 1 is 1.25 bits per heavy atom. The van der Waals surface area contributed by atoms with E-state index in [0.717, 1.165) is 6.54 Å². The van der Waals surface area contributed by atoms with Crippen LogP contribution in [0, 0.1) is 0 Å². The zero-order valence-electron chi connectivity index (χ0n) is 9.74. The van der Waals surface area contributed by atoms with E-state index in [1.807, 2.05) is 0 Å². The van der Waals surface area contributed by atoms with Crippen molar-refractivity contribution in [1.82, 2.24) is 4.57 Å². The molecule has 1 heteroatoms. The largest absolute Gasteiger partial charge is 0.341 e. The monoisotopic (exact) mass is 211 g/mol. The van der Waals surface area contributed by atoms with Gasteiger partial charge in [-0.1, -0.05) is 31.2 Å². The van der Waals surface area contributed by atoms with Crippen LogP contribution in [0.2, 0.25) is 0 Å². The molecule has 16 heavy (non-hydrogen) atoms. The Labute approximate surface area is 96.4 Å². The fraction of sp³-hybridized carbons (Fsp3) is 0.333. The maximum absolute atomic E-state index is 2.47. The predicted octanol–water partition coefficient (Wildman–Crippen LogP) is 4.01. The molecule has 1 aliphatic carbocycles. The number of para-hydroxylation sites is 1. The van der Waals surface area contributed by atoms with E-state index in [9.17, 15) is 0 Å². The minimum atomic E-state index is 1.13. The summed E-state index contributed by atoms with van der Waals surface area (Å²) in [7, 11) is 0. The van der Waals surface area contributed by atoms with Crippen molar-refractivity contribution < 1.29 is 0 Å². The van der Waals surface area contributed by atoms with Crippen LogP contribution < -0.4 is 0 Å². The molecule has 0 N–H and O–H groups in total. The number of benzene rings is 1. The van der Waals surface area contributed by atoms with Crippen LogP contribution in [0.3, 0.4) is 0 Å². The van der Waals surface area contributed by atoms with Crippen molar-refractivity contribution in [3.63, 3.8) is 0 Å². The maximum atomic E-state index is 2.47. The molecule has 1 aromatic heterocycles. The maximum Gasteiger partial charge on any atom is 0.0487 e. The Morgan fingerprint density at radius 2 is 2.12 bits per heavy atom. The van der Waals surface area contributed by atoms with Crippen LogP contribution in [0.4, 0.5) is 0 Å². The summed E-state index contributed by atoms with van der Waals surface area (Å²) in [5, 5.41) is 1.45. The molecule has 1 aliphatic rings. The third-order valence-electron chi connectivity index (χ3n) is 3.40. The smallest absolute Gasteiger partial charge is 0.0487 e. The molecule has 0 fully saturated rings. The highest BCUT2D eigenvalue weighted by Gasteiger charge is 2.15. The molecule has 0 unspecified atom stereocenters. The normalized spacial score (nSPS) is 14.3. The molecule has 0 saturated carbocycles.